The van der Waals surface area contributed by atoms with Crippen LogP contribution < -0.4 is 5.32 Å². The zero-order valence-electron chi connectivity index (χ0n) is 17.4. The van der Waals surface area contributed by atoms with Crippen molar-refractivity contribution >= 4 is 17.7 Å². The smallest absolute Gasteiger partial charge is 0.228 e. The Hall–Kier alpha value is -1.63. The fraction of sp³-hybridized carbons (Fsp3) is 0.850. The number of amides is 3. The summed E-state index contributed by atoms with van der Waals surface area (Å²) in [5.74, 6) is 0.0852. The lowest BCUT2D eigenvalue weighted by Crippen LogP contribution is -2.60. The molecule has 3 aliphatic heterocycles. The molecule has 3 unspecified atom stereocenters. The van der Waals surface area contributed by atoms with E-state index in [0.29, 0.717) is 39.1 Å². The van der Waals surface area contributed by atoms with E-state index in [9.17, 15) is 14.4 Å². The van der Waals surface area contributed by atoms with E-state index < -0.39 is 16.4 Å². The van der Waals surface area contributed by atoms with Gasteiger partial charge in [-0.25, -0.2) is 0 Å². The molecule has 0 aromatic rings. The molecule has 0 aromatic carbocycles. The molecule has 0 aromatic heterocycles. The minimum absolute atomic E-state index is 0.0376. The van der Waals surface area contributed by atoms with E-state index >= 15 is 0 Å². The number of hydrogen-bond donors (Lipinski definition) is 1. The van der Waals surface area contributed by atoms with Crippen molar-refractivity contribution in [1.82, 2.24) is 15.1 Å². The Labute approximate surface area is 161 Å². The average molecular weight is 380 g/mol. The number of hydrogen-bond acceptors (Lipinski definition) is 4. The summed E-state index contributed by atoms with van der Waals surface area (Å²) in [5, 5.41) is 3.08. The van der Waals surface area contributed by atoms with Gasteiger partial charge in [0.25, 0.3) is 0 Å². The highest BCUT2D eigenvalue weighted by atomic mass is 16.5. The molecule has 3 saturated heterocycles. The highest BCUT2D eigenvalue weighted by molar-refractivity contribution is 5.84. The summed E-state index contributed by atoms with van der Waals surface area (Å²) in [4.78, 5) is 41.7. The largest absolute Gasteiger partial charge is 0.369 e. The number of carbonyl (C=O) groups is 3. The number of likely N-dealkylation sites (tertiary alicyclic amines) is 1. The minimum Gasteiger partial charge on any atom is -0.369 e. The van der Waals surface area contributed by atoms with Crippen LogP contribution in [0.4, 0.5) is 0 Å². The van der Waals surface area contributed by atoms with Gasteiger partial charge in [0.1, 0.15) is 5.60 Å². The zero-order chi connectivity index (χ0) is 20.2. The molecule has 7 heteroatoms. The molecule has 3 aliphatic rings. The maximum atomic E-state index is 12.8. The van der Waals surface area contributed by atoms with E-state index in [1.54, 1.807) is 4.90 Å². The van der Waals surface area contributed by atoms with Gasteiger partial charge in [-0.3, -0.25) is 14.4 Å². The number of nitrogens with zero attached hydrogens (tertiary/aromatic N) is 2. The summed E-state index contributed by atoms with van der Waals surface area (Å²) in [6.07, 6.45) is 1.000. The molecule has 152 valence electrons. The Bertz CT molecular complexity index is 649. The van der Waals surface area contributed by atoms with Gasteiger partial charge in [-0.2, -0.15) is 0 Å². The molecule has 0 radical (unpaired) electrons. The first kappa shape index (κ1) is 20.1. The fourth-order valence-electron chi connectivity index (χ4n) is 4.35. The molecule has 27 heavy (non-hydrogen) atoms. The first-order valence-electron chi connectivity index (χ1n) is 9.87. The summed E-state index contributed by atoms with van der Waals surface area (Å²) >= 11 is 0. The molecule has 3 fully saturated rings. The summed E-state index contributed by atoms with van der Waals surface area (Å²) in [6.45, 7) is 13.2. The van der Waals surface area contributed by atoms with Gasteiger partial charge in [0.2, 0.25) is 17.7 Å². The van der Waals surface area contributed by atoms with Gasteiger partial charge in [-0.15, -0.1) is 0 Å². The van der Waals surface area contributed by atoms with Crippen molar-refractivity contribution in [2.75, 3.05) is 26.2 Å². The van der Waals surface area contributed by atoms with Crippen LogP contribution in [0.2, 0.25) is 0 Å². The van der Waals surface area contributed by atoms with Crippen LogP contribution in [0.1, 0.15) is 54.4 Å². The van der Waals surface area contributed by atoms with Crippen LogP contribution in [0.15, 0.2) is 0 Å². The Balaban J connectivity index is 1.82. The molecule has 7 nitrogen and oxygen atoms in total. The minimum atomic E-state index is -0.609. The van der Waals surface area contributed by atoms with Gasteiger partial charge in [0, 0.05) is 36.8 Å². The van der Waals surface area contributed by atoms with Crippen molar-refractivity contribution in [3.05, 3.63) is 0 Å². The molecule has 3 rings (SSSR count). The molecule has 1 N–H and O–H groups in total. The molecule has 3 atom stereocenters. The summed E-state index contributed by atoms with van der Waals surface area (Å²) in [7, 11) is 0. The van der Waals surface area contributed by atoms with Gasteiger partial charge < -0.3 is 19.9 Å². The lowest BCUT2D eigenvalue weighted by Gasteiger charge is -2.41. The topological polar surface area (TPSA) is 79.0 Å². The third kappa shape index (κ3) is 3.71. The number of ether oxygens (including phenoxy) is 1. The first-order chi connectivity index (χ1) is 12.3. The molecule has 0 aliphatic carbocycles. The third-order valence-electron chi connectivity index (χ3n) is 5.84. The van der Waals surface area contributed by atoms with Crippen LogP contribution in [0.3, 0.4) is 0 Å². The number of carbonyl (C=O) groups excluding carboxylic acids is 3. The quantitative estimate of drug-likeness (QED) is 0.742. The first-order valence-corrected chi connectivity index (χ1v) is 9.87. The third-order valence-corrected chi connectivity index (χ3v) is 5.84. The fourth-order valence-corrected chi connectivity index (χ4v) is 4.35. The Morgan fingerprint density at radius 2 is 1.74 bits per heavy atom. The van der Waals surface area contributed by atoms with Crippen molar-refractivity contribution in [2.24, 2.45) is 10.8 Å². The highest BCUT2D eigenvalue weighted by Crippen LogP contribution is 2.42. The molecule has 0 spiro atoms. The molecular weight excluding hydrogens is 346 g/mol. The van der Waals surface area contributed by atoms with E-state index in [-0.39, 0.29) is 29.8 Å². The van der Waals surface area contributed by atoms with Crippen molar-refractivity contribution < 1.29 is 19.1 Å². The second-order valence-corrected chi connectivity index (χ2v) is 10.3. The second kappa shape index (κ2) is 6.47. The number of nitrogens with one attached hydrogen (secondary N) is 1. The van der Waals surface area contributed by atoms with E-state index in [0.717, 1.165) is 0 Å². The van der Waals surface area contributed by atoms with Crippen molar-refractivity contribution in [3.8, 4) is 0 Å². The average Bonchev–Trinajstić information content (AvgIpc) is 3.07. The predicted octanol–water partition coefficient (Wildman–Crippen LogP) is 1.17. The molecular formula is C20H33N3O4. The zero-order valence-corrected chi connectivity index (χ0v) is 17.4. The lowest BCUT2D eigenvalue weighted by atomic mass is 9.90. The second-order valence-electron chi connectivity index (χ2n) is 10.3. The molecule has 3 amide bonds. The monoisotopic (exact) mass is 379 g/mol. The highest BCUT2D eigenvalue weighted by Gasteiger charge is 2.58. The number of morpholine rings is 1. The SMILES string of the molecule is CC(C)(C)C(=O)N1CCC(=O)NC(C23CC(CO2)N(C(=O)C(C)(C)C)C3)C1. The van der Waals surface area contributed by atoms with E-state index in [1.807, 2.05) is 46.4 Å². The Morgan fingerprint density at radius 1 is 1.11 bits per heavy atom. The van der Waals surface area contributed by atoms with Crippen LogP contribution in [0.5, 0.6) is 0 Å². The summed E-state index contributed by atoms with van der Waals surface area (Å²) in [6, 6.07) is -0.259. The molecule has 3 heterocycles. The van der Waals surface area contributed by atoms with Crippen LogP contribution >= 0.6 is 0 Å². The van der Waals surface area contributed by atoms with Gasteiger partial charge in [-0.05, 0) is 0 Å². The van der Waals surface area contributed by atoms with E-state index in [1.165, 1.54) is 0 Å². The normalized spacial score (nSPS) is 31.7. The predicted molar refractivity (Wildman–Crippen MR) is 101 cm³/mol. The number of rotatable bonds is 1. The summed E-state index contributed by atoms with van der Waals surface area (Å²) < 4.78 is 6.14. The van der Waals surface area contributed by atoms with Crippen LogP contribution in [-0.2, 0) is 19.1 Å². The van der Waals surface area contributed by atoms with E-state index in [4.69, 9.17) is 4.74 Å². The van der Waals surface area contributed by atoms with Gasteiger partial charge in [0.15, 0.2) is 0 Å². The van der Waals surface area contributed by atoms with Gasteiger partial charge in [-0.1, -0.05) is 41.5 Å². The molecule has 2 bridgehead atoms. The van der Waals surface area contributed by atoms with Crippen LogP contribution in [0.25, 0.3) is 0 Å². The Kier molecular flexibility index (Phi) is 4.82. The Morgan fingerprint density at radius 3 is 2.33 bits per heavy atom. The standard InChI is InChI=1S/C20H33N3O4/c1-18(2,3)16(25)22-8-7-15(24)21-14(10-22)20-9-13(11-27-20)23(12-20)17(26)19(4,5)6/h13-14H,7-12H2,1-6H3,(H,21,24). The van der Waals surface area contributed by atoms with Crippen molar-refractivity contribution in [2.45, 2.75) is 72.1 Å². The van der Waals surface area contributed by atoms with Crippen molar-refractivity contribution in [3.63, 3.8) is 0 Å². The molecule has 0 saturated carbocycles. The summed E-state index contributed by atoms with van der Waals surface area (Å²) in [5.41, 5.74) is -1.56. The number of fused-ring (bicyclic) bond motifs is 2. The van der Waals surface area contributed by atoms with Crippen molar-refractivity contribution in [1.29, 1.82) is 0 Å². The van der Waals surface area contributed by atoms with Gasteiger partial charge in [0.05, 0.1) is 25.2 Å². The van der Waals surface area contributed by atoms with Crippen LogP contribution in [-0.4, -0.2) is 71.4 Å². The van der Waals surface area contributed by atoms with E-state index in [2.05, 4.69) is 5.32 Å². The lowest BCUT2D eigenvalue weighted by molar-refractivity contribution is -0.150. The maximum absolute atomic E-state index is 12.8. The van der Waals surface area contributed by atoms with Gasteiger partial charge >= 0.3 is 0 Å². The van der Waals surface area contributed by atoms with Crippen LogP contribution in [0, 0.1) is 10.8 Å². The maximum Gasteiger partial charge on any atom is 0.228 e.